The van der Waals surface area contributed by atoms with Gasteiger partial charge in [-0.2, -0.15) is 0 Å². The second-order valence-corrected chi connectivity index (χ2v) is 4.07. The summed E-state index contributed by atoms with van der Waals surface area (Å²) in [5.74, 6) is 0.705. The van der Waals surface area contributed by atoms with Crippen LogP contribution in [0.5, 0.6) is 11.5 Å². The summed E-state index contributed by atoms with van der Waals surface area (Å²) in [5, 5.41) is 0. The van der Waals surface area contributed by atoms with Crippen LogP contribution < -0.4 is 15.0 Å². The number of methoxy groups -OCH3 is 1. The molecule has 0 fully saturated rings. The second-order valence-electron chi connectivity index (χ2n) is 4.07. The van der Waals surface area contributed by atoms with E-state index < -0.39 is 11.5 Å². The number of esters is 1. The Balaban J connectivity index is 1.78. The van der Waals surface area contributed by atoms with Gasteiger partial charge in [-0.3, -0.25) is 4.79 Å². The van der Waals surface area contributed by atoms with Crippen LogP contribution in [0.15, 0.2) is 47.4 Å². The molecule has 1 aromatic carbocycles. The Labute approximate surface area is 121 Å². The SMILES string of the molecule is COc1ccc(OCCOC(=O)c2ccc[nH]c2=O)cc1. The van der Waals surface area contributed by atoms with Crippen LogP contribution in [-0.4, -0.2) is 31.3 Å². The number of nitrogens with one attached hydrogen (secondary N) is 1. The summed E-state index contributed by atoms with van der Waals surface area (Å²) >= 11 is 0. The van der Waals surface area contributed by atoms with Gasteiger partial charge in [0.2, 0.25) is 0 Å². The number of carbonyl (C=O) groups excluding carboxylic acids is 1. The molecule has 0 spiro atoms. The van der Waals surface area contributed by atoms with Gasteiger partial charge in [0.05, 0.1) is 7.11 Å². The number of aromatic nitrogens is 1. The first-order valence-corrected chi connectivity index (χ1v) is 6.32. The molecule has 21 heavy (non-hydrogen) atoms. The number of ether oxygens (including phenoxy) is 3. The van der Waals surface area contributed by atoms with E-state index in [0.29, 0.717) is 5.75 Å². The van der Waals surface area contributed by atoms with Gasteiger partial charge >= 0.3 is 5.97 Å². The maximum atomic E-state index is 11.6. The molecule has 1 N–H and O–H groups in total. The molecule has 0 radical (unpaired) electrons. The summed E-state index contributed by atoms with van der Waals surface area (Å²) in [7, 11) is 1.58. The number of hydrogen-bond donors (Lipinski definition) is 1. The van der Waals surface area contributed by atoms with Crippen molar-refractivity contribution in [3.05, 3.63) is 58.5 Å². The van der Waals surface area contributed by atoms with Gasteiger partial charge < -0.3 is 19.2 Å². The van der Waals surface area contributed by atoms with Gasteiger partial charge in [0.1, 0.15) is 30.3 Å². The molecule has 0 saturated carbocycles. The summed E-state index contributed by atoms with van der Waals surface area (Å²) in [4.78, 5) is 25.4. The molecular weight excluding hydrogens is 274 g/mol. The van der Waals surface area contributed by atoms with Crippen LogP contribution in [0.1, 0.15) is 10.4 Å². The molecule has 110 valence electrons. The Hall–Kier alpha value is -2.76. The van der Waals surface area contributed by atoms with Crippen molar-refractivity contribution in [3.8, 4) is 11.5 Å². The standard InChI is InChI=1S/C15H15NO5/c1-19-11-4-6-12(7-5-11)20-9-10-21-15(18)13-3-2-8-16-14(13)17/h2-8H,9-10H2,1H3,(H,16,17). The molecular formula is C15H15NO5. The van der Waals surface area contributed by atoms with E-state index in [4.69, 9.17) is 14.2 Å². The van der Waals surface area contributed by atoms with Crippen LogP contribution in [0, 0.1) is 0 Å². The molecule has 2 rings (SSSR count). The number of H-pyrrole nitrogens is 1. The van der Waals surface area contributed by atoms with Gasteiger partial charge in [0.15, 0.2) is 0 Å². The van der Waals surface area contributed by atoms with E-state index in [0.717, 1.165) is 5.75 Å². The van der Waals surface area contributed by atoms with E-state index in [1.807, 2.05) is 0 Å². The lowest BCUT2D eigenvalue weighted by atomic mass is 10.3. The van der Waals surface area contributed by atoms with Gasteiger partial charge in [-0.25, -0.2) is 4.79 Å². The van der Waals surface area contributed by atoms with Crippen molar-refractivity contribution >= 4 is 5.97 Å². The Morgan fingerprint density at radius 1 is 1.10 bits per heavy atom. The zero-order chi connectivity index (χ0) is 15.1. The van der Waals surface area contributed by atoms with E-state index in [1.54, 1.807) is 37.4 Å². The molecule has 0 atom stereocenters. The molecule has 0 aliphatic heterocycles. The first-order chi connectivity index (χ1) is 10.2. The minimum atomic E-state index is -0.671. The maximum absolute atomic E-state index is 11.6. The predicted octanol–water partition coefficient (Wildman–Crippen LogP) is 1.62. The summed E-state index contributed by atoms with van der Waals surface area (Å²) in [6.45, 7) is 0.252. The molecule has 0 aliphatic carbocycles. The normalized spacial score (nSPS) is 9.95. The summed E-state index contributed by atoms with van der Waals surface area (Å²) in [6.07, 6.45) is 1.45. The van der Waals surface area contributed by atoms with Gasteiger partial charge in [-0.05, 0) is 36.4 Å². The molecule has 0 unspecified atom stereocenters. The van der Waals surface area contributed by atoms with E-state index in [-0.39, 0.29) is 18.8 Å². The van der Waals surface area contributed by atoms with Gasteiger partial charge in [-0.15, -0.1) is 0 Å². The van der Waals surface area contributed by atoms with Crippen molar-refractivity contribution in [1.82, 2.24) is 4.98 Å². The molecule has 1 aromatic heterocycles. The van der Waals surface area contributed by atoms with Crippen molar-refractivity contribution in [2.45, 2.75) is 0 Å². The number of hydrogen-bond acceptors (Lipinski definition) is 5. The van der Waals surface area contributed by atoms with Crippen molar-refractivity contribution in [1.29, 1.82) is 0 Å². The Kier molecular flexibility index (Phi) is 4.98. The summed E-state index contributed by atoms with van der Waals surface area (Å²) in [5.41, 5.74) is -0.500. The van der Waals surface area contributed by atoms with E-state index in [2.05, 4.69) is 4.98 Å². The first kappa shape index (κ1) is 14.6. The van der Waals surface area contributed by atoms with Gasteiger partial charge in [0.25, 0.3) is 5.56 Å². The van der Waals surface area contributed by atoms with Crippen LogP contribution in [0.2, 0.25) is 0 Å². The molecule has 1 heterocycles. The zero-order valence-corrected chi connectivity index (χ0v) is 11.5. The lowest BCUT2D eigenvalue weighted by Crippen LogP contribution is -2.20. The third-order valence-electron chi connectivity index (χ3n) is 2.68. The smallest absolute Gasteiger partial charge is 0.343 e. The first-order valence-electron chi connectivity index (χ1n) is 6.32. The average molecular weight is 289 g/mol. The highest BCUT2D eigenvalue weighted by atomic mass is 16.6. The molecule has 6 nitrogen and oxygen atoms in total. The minimum Gasteiger partial charge on any atom is -0.497 e. The van der Waals surface area contributed by atoms with E-state index in [9.17, 15) is 9.59 Å². The number of pyridine rings is 1. The molecule has 2 aromatic rings. The largest absolute Gasteiger partial charge is 0.497 e. The quantitative estimate of drug-likeness (QED) is 0.646. The highest BCUT2D eigenvalue weighted by Crippen LogP contribution is 2.16. The Bertz CT molecular complexity index is 648. The fraction of sp³-hybridized carbons (Fsp3) is 0.200. The fourth-order valence-electron chi connectivity index (χ4n) is 1.63. The predicted molar refractivity (Wildman–Crippen MR) is 75.8 cm³/mol. The van der Waals surface area contributed by atoms with Crippen molar-refractivity contribution in [2.24, 2.45) is 0 Å². The third-order valence-corrected chi connectivity index (χ3v) is 2.68. The lowest BCUT2D eigenvalue weighted by Gasteiger charge is -2.07. The van der Waals surface area contributed by atoms with Crippen LogP contribution in [0.4, 0.5) is 0 Å². The Morgan fingerprint density at radius 2 is 1.81 bits per heavy atom. The van der Waals surface area contributed by atoms with Crippen molar-refractivity contribution in [3.63, 3.8) is 0 Å². The van der Waals surface area contributed by atoms with Gasteiger partial charge in [-0.1, -0.05) is 0 Å². The van der Waals surface area contributed by atoms with Crippen LogP contribution in [-0.2, 0) is 4.74 Å². The second kappa shape index (κ2) is 7.14. The topological polar surface area (TPSA) is 77.6 Å². The highest BCUT2D eigenvalue weighted by Gasteiger charge is 2.10. The average Bonchev–Trinajstić information content (AvgIpc) is 2.52. The Morgan fingerprint density at radius 3 is 2.48 bits per heavy atom. The lowest BCUT2D eigenvalue weighted by molar-refractivity contribution is 0.0448. The summed E-state index contributed by atoms with van der Waals surface area (Å²) < 4.78 is 15.4. The number of carbonyl (C=O) groups is 1. The van der Waals surface area contributed by atoms with E-state index >= 15 is 0 Å². The molecule has 0 bridgehead atoms. The monoisotopic (exact) mass is 289 g/mol. The van der Waals surface area contributed by atoms with E-state index in [1.165, 1.54) is 12.3 Å². The molecule has 0 saturated heterocycles. The van der Waals surface area contributed by atoms with Crippen LogP contribution in [0.25, 0.3) is 0 Å². The highest BCUT2D eigenvalue weighted by molar-refractivity contribution is 5.88. The number of benzene rings is 1. The third kappa shape index (κ3) is 4.10. The zero-order valence-electron chi connectivity index (χ0n) is 11.5. The summed E-state index contributed by atoms with van der Waals surface area (Å²) in [6, 6.07) is 10.0. The fourth-order valence-corrected chi connectivity index (χ4v) is 1.63. The number of aromatic amines is 1. The van der Waals surface area contributed by atoms with Crippen molar-refractivity contribution < 1.29 is 19.0 Å². The molecule has 6 heteroatoms. The van der Waals surface area contributed by atoms with Crippen LogP contribution >= 0.6 is 0 Å². The number of rotatable bonds is 6. The maximum Gasteiger partial charge on any atom is 0.343 e. The van der Waals surface area contributed by atoms with Gasteiger partial charge in [0, 0.05) is 6.20 Å². The minimum absolute atomic E-state index is 0.0260. The van der Waals surface area contributed by atoms with Crippen LogP contribution in [0.3, 0.4) is 0 Å². The molecule has 0 aliphatic rings. The molecule has 0 amide bonds. The van der Waals surface area contributed by atoms with Crippen molar-refractivity contribution in [2.75, 3.05) is 20.3 Å².